The Hall–Kier alpha value is -0.580. The minimum absolute atomic E-state index is 0.0506. The van der Waals surface area contributed by atoms with Gasteiger partial charge in [-0.25, -0.2) is 0 Å². The Balaban J connectivity index is 1.81. The van der Waals surface area contributed by atoms with Crippen LogP contribution in [0.4, 0.5) is 0 Å². The fourth-order valence-corrected chi connectivity index (χ4v) is 2.60. The Morgan fingerprint density at radius 2 is 2.39 bits per heavy atom. The van der Waals surface area contributed by atoms with Crippen LogP contribution in [0.3, 0.4) is 0 Å². The van der Waals surface area contributed by atoms with E-state index < -0.39 is 0 Å². The van der Waals surface area contributed by atoms with Gasteiger partial charge in [-0.05, 0) is 59.9 Å². The van der Waals surface area contributed by atoms with Crippen LogP contribution in [0.15, 0.2) is 22.7 Å². The average Bonchev–Trinajstić information content (AvgIpc) is 2.85. The van der Waals surface area contributed by atoms with E-state index in [1.807, 2.05) is 0 Å². The van der Waals surface area contributed by atoms with Crippen molar-refractivity contribution in [1.29, 1.82) is 0 Å². The molecule has 2 N–H and O–H groups in total. The summed E-state index contributed by atoms with van der Waals surface area (Å²) >= 11 is 9.20. The van der Waals surface area contributed by atoms with E-state index in [-0.39, 0.29) is 5.91 Å². The van der Waals surface area contributed by atoms with Crippen LogP contribution in [-0.2, 0) is 0 Å². The quantitative estimate of drug-likeness (QED) is 0.890. The first-order chi connectivity index (χ1) is 8.66. The second-order valence-corrected chi connectivity index (χ2v) is 5.73. The average molecular weight is 332 g/mol. The number of rotatable bonds is 4. The molecule has 18 heavy (non-hydrogen) atoms. The predicted octanol–water partition coefficient (Wildman–Crippen LogP) is 2.97. The molecule has 1 saturated heterocycles. The van der Waals surface area contributed by atoms with Gasteiger partial charge >= 0.3 is 0 Å². The summed E-state index contributed by atoms with van der Waals surface area (Å²) in [5, 5.41) is 6.95. The van der Waals surface area contributed by atoms with E-state index in [4.69, 9.17) is 11.6 Å². The molecule has 0 unspecified atom stereocenters. The highest BCUT2D eigenvalue weighted by atomic mass is 79.9. The zero-order valence-electron chi connectivity index (χ0n) is 10.0. The lowest BCUT2D eigenvalue weighted by Gasteiger charge is -2.11. The van der Waals surface area contributed by atoms with Crippen molar-refractivity contribution in [3.63, 3.8) is 0 Å². The zero-order valence-corrected chi connectivity index (χ0v) is 12.4. The molecular weight excluding hydrogens is 316 g/mol. The van der Waals surface area contributed by atoms with Gasteiger partial charge in [0.25, 0.3) is 5.91 Å². The summed E-state index contributed by atoms with van der Waals surface area (Å²) in [7, 11) is 0. The monoisotopic (exact) mass is 330 g/mol. The highest BCUT2D eigenvalue weighted by Crippen LogP contribution is 2.23. The second kappa shape index (κ2) is 6.55. The van der Waals surface area contributed by atoms with E-state index in [9.17, 15) is 4.79 Å². The van der Waals surface area contributed by atoms with Crippen LogP contribution >= 0.6 is 27.5 Å². The molecule has 1 aliphatic heterocycles. The maximum Gasteiger partial charge on any atom is 0.251 e. The van der Waals surface area contributed by atoms with Crippen LogP contribution < -0.4 is 10.6 Å². The van der Waals surface area contributed by atoms with E-state index >= 15 is 0 Å². The highest BCUT2D eigenvalue weighted by molar-refractivity contribution is 9.10. The first-order valence-corrected chi connectivity index (χ1v) is 7.30. The zero-order chi connectivity index (χ0) is 13.0. The lowest BCUT2D eigenvalue weighted by molar-refractivity contribution is 0.0952. The SMILES string of the molecule is O=C(NCC[C@H]1CCCN1)c1ccc(Cl)c(Br)c1. The summed E-state index contributed by atoms with van der Waals surface area (Å²) in [6, 6.07) is 5.75. The Morgan fingerprint density at radius 1 is 1.56 bits per heavy atom. The molecule has 0 saturated carbocycles. The van der Waals surface area contributed by atoms with Crippen LogP contribution in [-0.4, -0.2) is 25.0 Å². The van der Waals surface area contributed by atoms with Gasteiger partial charge in [-0.2, -0.15) is 0 Å². The third-order valence-corrected chi connectivity index (χ3v) is 4.34. The molecule has 0 aliphatic carbocycles. The molecule has 3 nitrogen and oxygen atoms in total. The molecular formula is C13H16BrClN2O. The van der Waals surface area contributed by atoms with Crippen molar-refractivity contribution in [2.24, 2.45) is 0 Å². The summed E-state index contributed by atoms with van der Waals surface area (Å²) in [4.78, 5) is 11.9. The van der Waals surface area contributed by atoms with E-state index in [1.54, 1.807) is 18.2 Å². The van der Waals surface area contributed by atoms with Crippen LogP contribution in [0, 0.1) is 0 Å². The standard InChI is InChI=1S/C13H16BrClN2O/c14-11-8-9(3-4-12(11)15)13(18)17-7-5-10-2-1-6-16-10/h3-4,8,10,16H,1-2,5-7H2,(H,17,18)/t10-/m1/s1. The van der Waals surface area contributed by atoms with E-state index in [1.165, 1.54) is 12.8 Å². The minimum Gasteiger partial charge on any atom is -0.352 e. The smallest absolute Gasteiger partial charge is 0.251 e. The maximum atomic E-state index is 11.9. The fraction of sp³-hybridized carbons (Fsp3) is 0.462. The van der Waals surface area contributed by atoms with Crippen LogP contribution in [0.1, 0.15) is 29.6 Å². The van der Waals surface area contributed by atoms with Crippen LogP contribution in [0.2, 0.25) is 5.02 Å². The molecule has 2 rings (SSSR count). The molecule has 98 valence electrons. The molecule has 1 atom stereocenters. The summed E-state index contributed by atoms with van der Waals surface area (Å²) in [5.41, 5.74) is 0.630. The van der Waals surface area contributed by atoms with Crippen molar-refractivity contribution in [3.05, 3.63) is 33.3 Å². The van der Waals surface area contributed by atoms with Gasteiger partial charge in [-0.3, -0.25) is 4.79 Å². The molecule has 0 spiro atoms. The van der Waals surface area contributed by atoms with Crippen molar-refractivity contribution in [2.45, 2.75) is 25.3 Å². The van der Waals surface area contributed by atoms with Crippen LogP contribution in [0.25, 0.3) is 0 Å². The Labute approximate surface area is 120 Å². The van der Waals surface area contributed by atoms with Crippen molar-refractivity contribution >= 4 is 33.4 Å². The number of carbonyl (C=O) groups excluding carboxylic acids is 1. The molecule has 1 aromatic rings. The Kier molecular flexibility index (Phi) is 5.03. The molecule has 1 fully saturated rings. The topological polar surface area (TPSA) is 41.1 Å². The Bertz CT molecular complexity index is 433. The van der Waals surface area contributed by atoms with Crippen molar-refractivity contribution in [1.82, 2.24) is 10.6 Å². The fourth-order valence-electron chi connectivity index (χ4n) is 2.10. The number of hydrogen-bond donors (Lipinski definition) is 2. The van der Waals surface area contributed by atoms with Gasteiger partial charge in [0, 0.05) is 22.6 Å². The number of nitrogens with one attached hydrogen (secondary N) is 2. The molecule has 0 aromatic heterocycles. The lowest BCUT2D eigenvalue weighted by Crippen LogP contribution is -2.30. The number of hydrogen-bond acceptors (Lipinski definition) is 2. The third-order valence-electron chi connectivity index (χ3n) is 3.12. The van der Waals surface area contributed by atoms with Gasteiger partial charge in [0.05, 0.1) is 5.02 Å². The highest BCUT2D eigenvalue weighted by Gasteiger charge is 2.14. The number of halogens is 2. The van der Waals surface area contributed by atoms with Gasteiger partial charge < -0.3 is 10.6 Å². The Morgan fingerprint density at radius 3 is 3.06 bits per heavy atom. The molecule has 1 heterocycles. The summed E-state index contributed by atoms with van der Waals surface area (Å²) in [6.07, 6.45) is 3.44. The number of carbonyl (C=O) groups is 1. The number of amides is 1. The summed E-state index contributed by atoms with van der Waals surface area (Å²) in [6.45, 7) is 1.81. The normalized spacial score (nSPS) is 18.9. The molecule has 5 heteroatoms. The first kappa shape index (κ1) is 13.8. The number of benzene rings is 1. The van der Waals surface area contributed by atoms with Gasteiger partial charge in [-0.15, -0.1) is 0 Å². The van der Waals surface area contributed by atoms with E-state index in [0.717, 1.165) is 17.4 Å². The van der Waals surface area contributed by atoms with E-state index in [0.29, 0.717) is 23.2 Å². The predicted molar refractivity (Wildman–Crippen MR) is 77.1 cm³/mol. The van der Waals surface area contributed by atoms with Crippen LogP contribution in [0.5, 0.6) is 0 Å². The molecule has 1 aromatic carbocycles. The first-order valence-electron chi connectivity index (χ1n) is 6.13. The summed E-state index contributed by atoms with van der Waals surface area (Å²) in [5.74, 6) is -0.0506. The maximum absolute atomic E-state index is 11.9. The molecule has 1 aliphatic rings. The van der Waals surface area contributed by atoms with Crippen molar-refractivity contribution < 1.29 is 4.79 Å². The molecule has 0 radical (unpaired) electrons. The van der Waals surface area contributed by atoms with Crippen molar-refractivity contribution in [3.8, 4) is 0 Å². The van der Waals surface area contributed by atoms with Gasteiger partial charge in [0.15, 0.2) is 0 Å². The van der Waals surface area contributed by atoms with Gasteiger partial charge in [-0.1, -0.05) is 11.6 Å². The van der Waals surface area contributed by atoms with Gasteiger partial charge in [0.2, 0.25) is 0 Å². The minimum atomic E-state index is -0.0506. The summed E-state index contributed by atoms with van der Waals surface area (Å²) < 4.78 is 0.745. The molecule has 0 bridgehead atoms. The van der Waals surface area contributed by atoms with Crippen molar-refractivity contribution in [2.75, 3.05) is 13.1 Å². The van der Waals surface area contributed by atoms with Gasteiger partial charge in [0.1, 0.15) is 0 Å². The lowest BCUT2D eigenvalue weighted by atomic mass is 10.1. The largest absolute Gasteiger partial charge is 0.352 e. The third kappa shape index (κ3) is 3.70. The van der Waals surface area contributed by atoms with E-state index in [2.05, 4.69) is 26.6 Å². The second-order valence-electron chi connectivity index (χ2n) is 4.47. The molecule has 1 amide bonds.